The monoisotopic (exact) mass is 213 g/mol. The van der Waals surface area contributed by atoms with Crippen molar-refractivity contribution < 1.29 is 5.11 Å². The van der Waals surface area contributed by atoms with E-state index in [1.54, 1.807) is 11.3 Å². The van der Waals surface area contributed by atoms with Crippen LogP contribution in [0.15, 0.2) is 21.8 Å². The minimum atomic E-state index is -0.557. The van der Waals surface area contributed by atoms with Crippen LogP contribution in [-0.4, -0.2) is 24.2 Å². The number of rotatable bonds is 4. The molecular formula is C9H15N3OS. The van der Waals surface area contributed by atoms with E-state index in [1.165, 1.54) is 0 Å². The summed E-state index contributed by atoms with van der Waals surface area (Å²) in [6.07, 6.45) is -0.557. The summed E-state index contributed by atoms with van der Waals surface area (Å²) in [5.74, 6) is 0.377. The standard InChI is InChI=1S/C9H15N3OS/c1-2-11-9(10)12-5-8(13)7-3-4-14-6-7/h3-4,6,8,13H,2,5H2,1H3,(H3,10,11,12). The Kier molecular flexibility index (Phi) is 4.42. The van der Waals surface area contributed by atoms with Crippen molar-refractivity contribution in [2.45, 2.75) is 13.0 Å². The number of aliphatic imine (C=N–C) groups is 1. The number of guanidine groups is 1. The maximum Gasteiger partial charge on any atom is 0.188 e. The second-order valence-electron chi connectivity index (χ2n) is 2.83. The normalized spacial score (nSPS) is 14.0. The van der Waals surface area contributed by atoms with E-state index >= 15 is 0 Å². The van der Waals surface area contributed by atoms with Crippen LogP contribution in [-0.2, 0) is 0 Å². The summed E-state index contributed by atoms with van der Waals surface area (Å²) in [7, 11) is 0. The highest BCUT2D eigenvalue weighted by Crippen LogP contribution is 2.15. The number of hydrogen-bond donors (Lipinski definition) is 3. The molecule has 0 fully saturated rings. The van der Waals surface area contributed by atoms with Crippen LogP contribution in [0.2, 0.25) is 0 Å². The zero-order valence-corrected chi connectivity index (χ0v) is 8.92. The molecule has 1 rings (SSSR count). The molecule has 4 N–H and O–H groups in total. The summed E-state index contributed by atoms with van der Waals surface area (Å²) in [5.41, 5.74) is 6.41. The fourth-order valence-electron chi connectivity index (χ4n) is 0.992. The molecule has 0 aromatic carbocycles. The highest BCUT2D eigenvalue weighted by molar-refractivity contribution is 7.07. The van der Waals surface area contributed by atoms with Crippen LogP contribution in [0.3, 0.4) is 0 Å². The summed E-state index contributed by atoms with van der Waals surface area (Å²) >= 11 is 1.56. The van der Waals surface area contributed by atoms with Crippen LogP contribution >= 0.6 is 11.3 Å². The van der Waals surface area contributed by atoms with Gasteiger partial charge in [0.1, 0.15) is 0 Å². The highest BCUT2D eigenvalue weighted by atomic mass is 32.1. The molecule has 5 heteroatoms. The van der Waals surface area contributed by atoms with Crippen molar-refractivity contribution in [1.29, 1.82) is 0 Å². The Morgan fingerprint density at radius 2 is 2.57 bits per heavy atom. The van der Waals surface area contributed by atoms with Crippen molar-refractivity contribution >= 4 is 17.3 Å². The largest absolute Gasteiger partial charge is 0.386 e. The molecule has 1 unspecified atom stereocenters. The van der Waals surface area contributed by atoms with E-state index in [9.17, 15) is 5.11 Å². The van der Waals surface area contributed by atoms with Gasteiger partial charge in [0, 0.05) is 6.54 Å². The minimum Gasteiger partial charge on any atom is -0.386 e. The van der Waals surface area contributed by atoms with Gasteiger partial charge in [-0.1, -0.05) is 0 Å². The second-order valence-corrected chi connectivity index (χ2v) is 3.61. The quantitative estimate of drug-likeness (QED) is 0.509. The van der Waals surface area contributed by atoms with Crippen LogP contribution < -0.4 is 11.1 Å². The first kappa shape index (κ1) is 11.0. The zero-order valence-electron chi connectivity index (χ0n) is 8.10. The summed E-state index contributed by atoms with van der Waals surface area (Å²) in [5, 5.41) is 16.3. The third-order valence-corrected chi connectivity index (χ3v) is 2.42. The van der Waals surface area contributed by atoms with Crippen LogP contribution in [0.5, 0.6) is 0 Å². The topological polar surface area (TPSA) is 70.6 Å². The van der Waals surface area contributed by atoms with Gasteiger partial charge < -0.3 is 16.2 Å². The maximum absolute atomic E-state index is 9.64. The Balaban J connectivity index is 2.42. The molecule has 0 bridgehead atoms. The van der Waals surface area contributed by atoms with E-state index in [2.05, 4.69) is 10.3 Å². The lowest BCUT2D eigenvalue weighted by molar-refractivity contribution is 0.187. The van der Waals surface area contributed by atoms with Gasteiger partial charge in [-0.05, 0) is 29.3 Å². The van der Waals surface area contributed by atoms with Gasteiger partial charge in [0.25, 0.3) is 0 Å². The fourth-order valence-corrected chi connectivity index (χ4v) is 1.70. The number of hydrogen-bond acceptors (Lipinski definition) is 3. The van der Waals surface area contributed by atoms with Crippen molar-refractivity contribution in [3.8, 4) is 0 Å². The molecule has 1 aromatic rings. The van der Waals surface area contributed by atoms with Crippen LogP contribution in [0.4, 0.5) is 0 Å². The first-order chi connectivity index (χ1) is 6.74. The Bertz CT molecular complexity index is 284. The fraction of sp³-hybridized carbons (Fsp3) is 0.444. The van der Waals surface area contributed by atoms with Crippen molar-refractivity contribution in [2.24, 2.45) is 10.7 Å². The second kappa shape index (κ2) is 5.62. The molecule has 78 valence electrons. The Hall–Kier alpha value is -1.07. The summed E-state index contributed by atoms with van der Waals surface area (Å²) in [6.45, 7) is 2.98. The molecule has 0 saturated heterocycles. The Morgan fingerprint density at radius 3 is 3.14 bits per heavy atom. The van der Waals surface area contributed by atoms with Crippen LogP contribution in [0.1, 0.15) is 18.6 Å². The zero-order chi connectivity index (χ0) is 10.4. The molecule has 0 spiro atoms. The van der Waals surface area contributed by atoms with Gasteiger partial charge in [0.15, 0.2) is 5.96 Å². The molecule has 0 aliphatic rings. The molecule has 0 amide bonds. The first-order valence-electron chi connectivity index (χ1n) is 4.48. The lowest BCUT2D eigenvalue weighted by Gasteiger charge is -2.06. The number of nitrogens with zero attached hydrogens (tertiary/aromatic N) is 1. The average Bonchev–Trinajstić information content (AvgIpc) is 2.67. The smallest absolute Gasteiger partial charge is 0.188 e. The maximum atomic E-state index is 9.64. The number of aliphatic hydroxyl groups is 1. The van der Waals surface area contributed by atoms with Crippen molar-refractivity contribution in [3.05, 3.63) is 22.4 Å². The Morgan fingerprint density at radius 1 is 1.79 bits per heavy atom. The summed E-state index contributed by atoms with van der Waals surface area (Å²) in [4.78, 5) is 4.01. The summed E-state index contributed by atoms with van der Waals surface area (Å²) in [6, 6.07) is 1.88. The molecule has 1 aromatic heterocycles. The molecule has 0 saturated carbocycles. The number of aliphatic hydroxyl groups excluding tert-OH is 1. The predicted molar refractivity (Wildman–Crippen MR) is 59.4 cm³/mol. The number of nitrogens with two attached hydrogens (primary N) is 1. The van der Waals surface area contributed by atoms with Gasteiger partial charge in [-0.3, -0.25) is 4.99 Å². The van der Waals surface area contributed by atoms with Crippen molar-refractivity contribution in [3.63, 3.8) is 0 Å². The van der Waals surface area contributed by atoms with Gasteiger partial charge in [0.05, 0.1) is 12.6 Å². The molecular weight excluding hydrogens is 198 g/mol. The highest BCUT2D eigenvalue weighted by Gasteiger charge is 2.06. The third kappa shape index (κ3) is 3.35. The van der Waals surface area contributed by atoms with Gasteiger partial charge in [-0.15, -0.1) is 0 Å². The minimum absolute atomic E-state index is 0.301. The Labute approximate surface area is 87.5 Å². The molecule has 4 nitrogen and oxygen atoms in total. The molecule has 0 aliphatic heterocycles. The van der Waals surface area contributed by atoms with Crippen molar-refractivity contribution in [1.82, 2.24) is 5.32 Å². The molecule has 1 atom stereocenters. The number of nitrogens with one attached hydrogen (secondary N) is 1. The predicted octanol–water partition coefficient (Wildman–Crippen LogP) is 0.706. The van der Waals surface area contributed by atoms with Crippen LogP contribution in [0, 0.1) is 0 Å². The van der Waals surface area contributed by atoms with E-state index in [0.717, 1.165) is 12.1 Å². The number of thiophene rings is 1. The lowest BCUT2D eigenvalue weighted by atomic mass is 10.2. The van der Waals surface area contributed by atoms with Gasteiger partial charge in [-0.25, -0.2) is 0 Å². The SMILES string of the molecule is CCNC(N)=NCC(O)c1ccsc1. The van der Waals surface area contributed by atoms with Gasteiger partial charge in [0.2, 0.25) is 0 Å². The van der Waals surface area contributed by atoms with E-state index in [4.69, 9.17) is 5.73 Å². The van der Waals surface area contributed by atoms with E-state index in [-0.39, 0.29) is 0 Å². The molecule has 0 aliphatic carbocycles. The molecule has 0 radical (unpaired) electrons. The van der Waals surface area contributed by atoms with Crippen molar-refractivity contribution in [2.75, 3.05) is 13.1 Å². The molecule has 1 heterocycles. The van der Waals surface area contributed by atoms with Gasteiger partial charge in [-0.2, -0.15) is 11.3 Å². The van der Waals surface area contributed by atoms with E-state index in [1.807, 2.05) is 23.8 Å². The lowest BCUT2D eigenvalue weighted by Crippen LogP contribution is -2.31. The third-order valence-electron chi connectivity index (χ3n) is 1.72. The van der Waals surface area contributed by atoms with Gasteiger partial charge >= 0.3 is 0 Å². The van der Waals surface area contributed by atoms with E-state index in [0.29, 0.717) is 12.5 Å². The average molecular weight is 213 g/mol. The summed E-state index contributed by atoms with van der Waals surface area (Å²) < 4.78 is 0. The van der Waals surface area contributed by atoms with E-state index < -0.39 is 6.10 Å². The first-order valence-corrected chi connectivity index (χ1v) is 5.42. The van der Waals surface area contributed by atoms with Crippen LogP contribution in [0.25, 0.3) is 0 Å². The molecule has 14 heavy (non-hydrogen) atoms.